The fourth-order valence-corrected chi connectivity index (χ4v) is 6.40. The van der Waals surface area contributed by atoms with E-state index in [9.17, 15) is 19.1 Å². The summed E-state index contributed by atoms with van der Waals surface area (Å²) in [7, 11) is 0. The largest absolute Gasteiger partial charge is 0.389 e. The molecule has 3 N–H and O–H groups in total. The van der Waals surface area contributed by atoms with Crippen LogP contribution < -0.4 is 10.6 Å². The minimum atomic E-state index is -0.816. The fourth-order valence-electron chi connectivity index (χ4n) is 5.46. The Hall–Kier alpha value is -3.14. The second-order valence-corrected chi connectivity index (χ2v) is 11.1. The van der Waals surface area contributed by atoms with Crippen LogP contribution in [0.1, 0.15) is 68.7 Å². The van der Waals surface area contributed by atoms with E-state index in [2.05, 4.69) is 15.6 Å². The van der Waals surface area contributed by atoms with Gasteiger partial charge in [0.2, 0.25) is 0 Å². The van der Waals surface area contributed by atoms with Crippen LogP contribution in [0.25, 0.3) is 0 Å². The molecule has 9 heteroatoms. The second kappa shape index (κ2) is 11.7. The number of carbonyl (C=O) groups excluding carboxylic acids is 2. The molecule has 7 nitrogen and oxygen atoms in total. The van der Waals surface area contributed by atoms with Crippen LogP contribution in [0.2, 0.25) is 0 Å². The molecule has 0 aliphatic carbocycles. The summed E-state index contributed by atoms with van der Waals surface area (Å²) in [5, 5.41) is 20.2. The number of hydrogen-bond acceptors (Lipinski definition) is 6. The standard InChI is InChI=1S/C29H33FN4O3S/c1-18-17-38-28(32-18)25-10-6-12-34(25)29(37)21-14-20(15-22(30)16-21)27(36)33-24(13-19-7-3-2-4-8-19)26(35)23-9-5-11-31-23/h2-4,7-8,14-17,23-26,31,35H,5-6,9-13H2,1H3,(H,33,36)/t23-,24+,25-,26-/m1/s1. The third-order valence-electron chi connectivity index (χ3n) is 7.38. The van der Waals surface area contributed by atoms with Gasteiger partial charge in [-0.3, -0.25) is 9.59 Å². The summed E-state index contributed by atoms with van der Waals surface area (Å²) < 4.78 is 14.7. The Morgan fingerprint density at radius 3 is 2.68 bits per heavy atom. The summed E-state index contributed by atoms with van der Waals surface area (Å²) in [5.41, 5.74) is 2.07. The molecule has 0 radical (unpaired) electrons. The van der Waals surface area contributed by atoms with E-state index in [4.69, 9.17) is 0 Å². The van der Waals surface area contributed by atoms with Gasteiger partial charge in [0.05, 0.1) is 18.2 Å². The number of likely N-dealkylation sites (tertiary alicyclic amines) is 1. The molecule has 0 unspecified atom stereocenters. The Kier molecular flexibility index (Phi) is 8.16. The normalized spacial score (nSPS) is 20.9. The van der Waals surface area contributed by atoms with Gasteiger partial charge in [-0.2, -0.15) is 0 Å². The van der Waals surface area contributed by atoms with E-state index in [1.54, 1.807) is 4.90 Å². The van der Waals surface area contributed by atoms with Gasteiger partial charge in [0.25, 0.3) is 11.8 Å². The third-order valence-corrected chi connectivity index (χ3v) is 8.44. The lowest BCUT2D eigenvalue weighted by Crippen LogP contribution is -2.52. The lowest BCUT2D eigenvalue weighted by Gasteiger charge is -2.29. The highest BCUT2D eigenvalue weighted by Crippen LogP contribution is 2.35. The van der Waals surface area contributed by atoms with Gasteiger partial charge in [0.15, 0.2) is 0 Å². The van der Waals surface area contributed by atoms with E-state index in [0.29, 0.717) is 13.0 Å². The number of nitrogens with zero attached hydrogens (tertiary/aromatic N) is 2. The molecular formula is C29H33FN4O3S. The summed E-state index contributed by atoms with van der Waals surface area (Å²) in [6.07, 6.45) is 3.03. The van der Waals surface area contributed by atoms with Crippen LogP contribution in [-0.4, -0.2) is 58.1 Å². The average molecular weight is 537 g/mol. The first-order chi connectivity index (χ1) is 18.4. The van der Waals surface area contributed by atoms with Crippen molar-refractivity contribution in [2.45, 2.75) is 63.3 Å². The molecule has 5 rings (SSSR count). The number of halogens is 1. The number of carbonyl (C=O) groups is 2. The number of aryl methyl sites for hydroxylation is 1. The van der Waals surface area contributed by atoms with E-state index in [1.807, 2.05) is 42.6 Å². The fraction of sp³-hybridized carbons (Fsp3) is 0.414. The summed E-state index contributed by atoms with van der Waals surface area (Å²) in [6, 6.07) is 12.5. The average Bonchev–Trinajstić information content (AvgIpc) is 3.69. The summed E-state index contributed by atoms with van der Waals surface area (Å²) >= 11 is 1.52. The maximum atomic E-state index is 14.7. The predicted octanol–water partition coefficient (Wildman–Crippen LogP) is 4.02. The number of nitrogens with one attached hydrogen (secondary N) is 2. The second-order valence-electron chi connectivity index (χ2n) is 10.2. The van der Waals surface area contributed by atoms with Crippen molar-refractivity contribution in [3.63, 3.8) is 0 Å². The molecule has 2 aliphatic rings. The molecule has 0 saturated carbocycles. The van der Waals surface area contributed by atoms with Crippen molar-refractivity contribution in [2.24, 2.45) is 0 Å². The minimum Gasteiger partial charge on any atom is -0.389 e. The van der Waals surface area contributed by atoms with Crippen LogP contribution in [0.5, 0.6) is 0 Å². The number of thiazole rings is 1. The van der Waals surface area contributed by atoms with Crippen molar-refractivity contribution in [1.82, 2.24) is 20.5 Å². The topological polar surface area (TPSA) is 94.6 Å². The maximum Gasteiger partial charge on any atom is 0.254 e. The van der Waals surface area contributed by atoms with Crippen molar-refractivity contribution in [1.29, 1.82) is 0 Å². The molecule has 2 aromatic carbocycles. The molecule has 2 aliphatic heterocycles. The number of rotatable bonds is 8. The van der Waals surface area contributed by atoms with Gasteiger partial charge in [0.1, 0.15) is 10.8 Å². The zero-order valence-electron chi connectivity index (χ0n) is 21.4. The summed E-state index contributed by atoms with van der Waals surface area (Å²) in [4.78, 5) is 33.1. The highest BCUT2D eigenvalue weighted by molar-refractivity contribution is 7.09. The lowest BCUT2D eigenvalue weighted by atomic mass is 9.95. The monoisotopic (exact) mass is 536 g/mol. The van der Waals surface area contributed by atoms with E-state index >= 15 is 0 Å². The third kappa shape index (κ3) is 5.95. The van der Waals surface area contributed by atoms with E-state index in [0.717, 1.165) is 54.6 Å². The molecule has 2 fully saturated rings. The SMILES string of the molecule is Cc1csc([C@H]2CCCN2C(=O)c2cc(F)cc(C(=O)N[C@@H](Cc3ccccc3)[C@H](O)[C@H]3CCCN3)c2)n1. The van der Waals surface area contributed by atoms with E-state index in [1.165, 1.54) is 23.5 Å². The van der Waals surface area contributed by atoms with Crippen molar-refractivity contribution < 1.29 is 19.1 Å². The number of aliphatic hydroxyl groups excluding tert-OH is 1. The van der Waals surface area contributed by atoms with Gasteiger partial charge < -0.3 is 20.6 Å². The molecule has 0 bridgehead atoms. The van der Waals surface area contributed by atoms with Crippen LogP contribution in [0.4, 0.5) is 4.39 Å². The zero-order valence-corrected chi connectivity index (χ0v) is 22.2. The zero-order chi connectivity index (χ0) is 26.6. The molecule has 4 atom stereocenters. The molecule has 3 aromatic rings. The predicted molar refractivity (Wildman–Crippen MR) is 145 cm³/mol. The molecular weight excluding hydrogens is 503 g/mol. The van der Waals surface area contributed by atoms with Crippen LogP contribution in [0.3, 0.4) is 0 Å². The summed E-state index contributed by atoms with van der Waals surface area (Å²) in [5.74, 6) is -1.49. The highest BCUT2D eigenvalue weighted by atomic mass is 32.1. The Bertz CT molecular complexity index is 1280. The van der Waals surface area contributed by atoms with Crippen molar-refractivity contribution in [3.05, 3.63) is 87.1 Å². The van der Waals surface area contributed by atoms with Gasteiger partial charge in [-0.25, -0.2) is 9.37 Å². The van der Waals surface area contributed by atoms with Gasteiger partial charge in [0, 0.05) is 34.8 Å². The van der Waals surface area contributed by atoms with Gasteiger partial charge in [-0.15, -0.1) is 11.3 Å². The Balaban J connectivity index is 1.36. The first-order valence-corrected chi connectivity index (χ1v) is 14.1. The van der Waals surface area contributed by atoms with Crippen LogP contribution >= 0.6 is 11.3 Å². The number of amides is 2. The quantitative estimate of drug-likeness (QED) is 0.404. The number of aliphatic hydroxyl groups is 1. The molecule has 2 amide bonds. The number of benzene rings is 2. The lowest BCUT2D eigenvalue weighted by molar-refractivity contribution is 0.0732. The van der Waals surface area contributed by atoms with Crippen molar-refractivity contribution >= 4 is 23.2 Å². The molecule has 3 heterocycles. The minimum absolute atomic E-state index is 0.0545. The smallest absolute Gasteiger partial charge is 0.254 e. The number of hydrogen-bond donors (Lipinski definition) is 3. The van der Waals surface area contributed by atoms with E-state index in [-0.39, 0.29) is 29.1 Å². The van der Waals surface area contributed by atoms with Gasteiger partial charge in [-0.1, -0.05) is 30.3 Å². The van der Waals surface area contributed by atoms with Crippen LogP contribution in [-0.2, 0) is 6.42 Å². The summed E-state index contributed by atoms with van der Waals surface area (Å²) in [6.45, 7) is 3.30. The van der Waals surface area contributed by atoms with Gasteiger partial charge >= 0.3 is 0 Å². The molecule has 0 spiro atoms. The molecule has 1 aromatic heterocycles. The Labute approximate surface area is 226 Å². The Morgan fingerprint density at radius 2 is 1.97 bits per heavy atom. The van der Waals surface area contributed by atoms with Crippen LogP contribution in [0.15, 0.2) is 53.9 Å². The van der Waals surface area contributed by atoms with E-state index < -0.39 is 23.9 Å². The van der Waals surface area contributed by atoms with Crippen molar-refractivity contribution in [2.75, 3.05) is 13.1 Å². The first-order valence-electron chi connectivity index (χ1n) is 13.2. The molecule has 2 saturated heterocycles. The van der Waals surface area contributed by atoms with Crippen molar-refractivity contribution in [3.8, 4) is 0 Å². The number of aromatic nitrogens is 1. The highest BCUT2D eigenvalue weighted by Gasteiger charge is 2.34. The van der Waals surface area contributed by atoms with Crippen LogP contribution in [0, 0.1) is 12.7 Å². The first kappa shape index (κ1) is 26.5. The molecule has 200 valence electrons. The maximum absolute atomic E-state index is 14.7. The Morgan fingerprint density at radius 1 is 1.18 bits per heavy atom. The molecule has 38 heavy (non-hydrogen) atoms. The van der Waals surface area contributed by atoms with Gasteiger partial charge in [-0.05, 0) is 69.3 Å².